The van der Waals surface area contributed by atoms with Gasteiger partial charge in [-0.1, -0.05) is 24.3 Å². The van der Waals surface area contributed by atoms with Gasteiger partial charge in [0.2, 0.25) is 0 Å². The zero-order valence-corrected chi connectivity index (χ0v) is 12.7. The van der Waals surface area contributed by atoms with Gasteiger partial charge in [-0.3, -0.25) is 0 Å². The molecule has 0 amide bonds. The summed E-state index contributed by atoms with van der Waals surface area (Å²) in [4.78, 5) is 4.83. The number of fused-ring (bicyclic) bond motifs is 1. The number of nitrogens with zero attached hydrogens (tertiary/aromatic N) is 1. The molecule has 0 N–H and O–H groups in total. The fraction of sp³-hybridized carbons (Fsp3) is 0.0500. The van der Waals surface area contributed by atoms with Crippen molar-refractivity contribution in [1.82, 2.24) is 4.98 Å². The number of aromatic nitrogens is 1. The maximum Gasteiger partial charge on any atom is 0.152 e. The van der Waals surface area contributed by atoms with Gasteiger partial charge in [-0.15, -0.1) is 0 Å². The number of furan rings is 1. The topological polar surface area (TPSA) is 35.3 Å². The summed E-state index contributed by atoms with van der Waals surface area (Å²) in [6.07, 6.45) is 1.67. The molecule has 4 rings (SSSR count). The van der Waals surface area contributed by atoms with Crippen LogP contribution in [0.25, 0.3) is 33.5 Å². The molecule has 0 aliphatic rings. The predicted octanol–water partition coefficient (Wildman–Crippen LogP) is 5.17. The molecular weight excluding hydrogens is 286 g/mol. The van der Waals surface area contributed by atoms with E-state index in [0.29, 0.717) is 0 Å². The molecule has 0 unspecified atom stereocenters. The van der Waals surface area contributed by atoms with Crippen LogP contribution in [-0.2, 0) is 0 Å². The zero-order valence-electron chi connectivity index (χ0n) is 12.7. The van der Waals surface area contributed by atoms with Crippen LogP contribution in [0.2, 0.25) is 0 Å². The van der Waals surface area contributed by atoms with Gasteiger partial charge in [-0.05, 0) is 47.9 Å². The minimum atomic E-state index is 0.775. The summed E-state index contributed by atoms with van der Waals surface area (Å²) >= 11 is 0. The van der Waals surface area contributed by atoms with E-state index in [1.165, 1.54) is 0 Å². The highest BCUT2D eigenvalue weighted by atomic mass is 16.5. The summed E-state index contributed by atoms with van der Waals surface area (Å²) in [6, 6.07) is 22.0. The maximum absolute atomic E-state index is 5.57. The number of pyridine rings is 1. The van der Waals surface area contributed by atoms with Crippen molar-refractivity contribution >= 4 is 10.8 Å². The van der Waals surface area contributed by atoms with Crippen molar-refractivity contribution < 1.29 is 9.15 Å². The van der Waals surface area contributed by atoms with Gasteiger partial charge >= 0.3 is 0 Å². The number of rotatable bonds is 3. The minimum absolute atomic E-state index is 0.775. The van der Waals surface area contributed by atoms with Gasteiger partial charge in [0, 0.05) is 10.9 Å². The molecule has 3 nitrogen and oxygen atoms in total. The molecule has 2 aromatic carbocycles. The molecular formula is C20H15NO2. The molecule has 0 spiro atoms. The second-order valence-corrected chi connectivity index (χ2v) is 5.28. The zero-order chi connectivity index (χ0) is 15.6. The van der Waals surface area contributed by atoms with Crippen LogP contribution in [0.5, 0.6) is 5.75 Å². The lowest BCUT2D eigenvalue weighted by Gasteiger charge is -2.09. The molecule has 112 valence electrons. The van der Waals surface area contributed by atoms with Gasteiger partial charge in [0.1, 0.15) is 11.4 Å². The number of methoxy groups -OCH3 is 1. The van der Waals surface area contributed by atoms with Crippen molar-refractivity contribution in [3.8, 4) is 28.5 Å². The normalized spacial score (nSPS) is 10.8. The van der Waals surface area contributed by atoms with Crippen molar-refractivity contribution in [3.05, 3.63) is 73.0 Å². The van der Waals surface area contributed by atoms with Crippen LogP contribution in [-0.4, -0.2) is 12.1 Å². The molecule has 0 radical (unpaired) electrons. The summed E-state index contributed by atoms with van der Waals surface area (Å²) in [5, 5.41) is 2.22. The largest absolute Gasteiger partial charge is 0.497 e. The van der Waals surface area contributed by atoms with Gasteiger partial charge in [0.15, 0.2) is 5.76 Å². The Balaban J connectivity index is 1.93. The molecule has 0 aliphatic carbocycles. The fourth-order valence-electron chi connectivity index (χ4n) is 2.71. The van der Waals surface area contributed by atoms with E-state index in [0.717, 1.165) is 39.2 Å². The molecule has 0 saturated carbocycles. The van der Waals surface area contributed by atoms with Crippen LogP contribution in [0.15, 0.2) is 77.4 Å². The fourth-order valence-corrected chi connectivity index (χ4v) is 2.71. The lowest BCUT2D eigenvalue weighted by molar-refractivity contribution is 0.415. The average Bonchev–Trinajstić information content (AvgIpc) is 3.15. The Kier molecular flexibility index (Phi) is 3.31. The molecule has 0 bridgehead atoms. The van der Waals surface area contributed by atoms with Gasteiger partial charge in [0.25, 0.3) is 0 Å². The second kappa shape index (κ2) is 5.61. The van der Waals surface area contributed by atoms with Crippen LogP contribution >= 0.6 is 0 Å². The third kappa shape index (κ3) is 2.46. The quantitative estimate of drug-likeness (QED) is 0.523. The van der Waals surface area contributed by atoms with Gasteiger partial charge < -0.3 is 9.15 Å². The van der Waals surface area contributed by atoms with Crippen LogP contribution in [0.4, 0.5) is 0 Å². The third-order valence-electron chi connectivity index (χ3n) is 3.88. The summed E-state index contributed by atoms with van der Waals surface area (Å²) < 4.78 is 10.8. The first-order valence-corrected chi connectivity index (χ1v) is 7.43. The van der Waals surface area contributed by atoms with Gasteiger partial charge in [-0.2, -0.15) is 0 Å². The maximum atomic E-state index is 5.57. The van der Waals surface area contributed by atoms with Crippen molar-refractivity contribution in [1.29, 1.82) is 0 Å². The van der Waals surface area contributed by atoms with E-state index in [2.05, 4.69) is 18.2 Å². The van der Waals surface area contributed by atoms with E-state index >= 15 is 0 Å². The minimum Gasteiger partial charge on any atom is -0.497 e. The molecule has 0 atom stereocenters. The summed E-state index contributed by atoms with van der Waals surface area (Å²) in [5.74, 6) is 1.61. The standard InChI is InChI=1S/C20H15NO2/c1-22-16-10-8-14(9-11-16)18-13-15-5-2-3-6-17(15)20(21-18)19-7-4-12-23-19/h2-13H,1H3. The third-order valence-corrected chi connectivity index (χ3v) is 3.88. The Hall–Kier alpha value is -3.07. The van der Waals surface area contributed by atoms with Gasteiger partial charge in [-0.25, -0.2) is 4.98 Å². The Morgan fingerprint density at radius 3 is 2.48 bits per heavy atom. The van der Waals surface area contributed by atoms with Crippen LogP contribution in [0, 0.1) is 0 Å². The average molecular weight is 301 g/mol. The van der Waals surface area contributed by atoms with Crippen molar-refractivity contribution in [2.45, 2.75) is 0 Å². The van der Waals surface area contributed by atoms with Crippen molar-refractivity contribution in [2.24, 2.45) is 0 Å². The highest BCUT2D eigenvalue weighted by molar-refractivity contribution is 5.95. The molecule has 0 saturated heterocycles. The second-order valence-electron chi connectivity index (χ2n) is 5.28. The predicted molar refractivity (Wildman–Crippen MR) is 91.4 cm³/mol. The molecule has 2 heterocycles. The lowest BCUT2D eigenvalue weighted by Crippen LogP contribution is -1.90. The lowest BCUT2D eigenvalue weighted by atomic mass is 10.0. The Labute approximate surface area is 134 Å². The SMILES string of the molecule is COc1ccc(-c2cc3ccccc3c(-c3ccco3)n2)cc1. The van der Waals surface area contributed by atoms with Crippen molar-refractivity contribution in [2.75, 3.05) is 7.11 Å². The Morgan fingerprint density at radius 2 is 1.74 bits per heavy atom. The van der Waals surface area contributed by atoms with E-state index in [9.17, 15) is 0 Å². The molecule has 0 aliphatic heterocycles. The molecule has 4 aromatic rings. The summed E-state index contributed by atoms with van der Waals surface area (Å²) in [6.45, 7) is 0. The Bertz CT molecular complexity index is 941. The van der Waals surface area contributed by atoms with Crippen LogP contribution in [0.1, 0.15) is 0 Å². The van der Waals surface area contributed by atoms with E-state index < -0.39 is 0 Å². The highest BCUT2D eigenvalue weighted by Crippen LogP contribution is 2.31. The smallest absolute Gasteiger partial charge is 0.152 e. The summed E-state index contributed by atoms with van der Waals surface area (Å²) in [5.41, 5.74) is 2.82. The molecule has 23 heavy (non-hydrogen) atoms. The molecule has 3 heteroatoms. The summed E-state index contributed by atoms with van der Waals surface area (Å²) in [7, 11) is 1.66. The number of hydrogen-bond donors (Lipinski definition) is 0. The van der Waals surface area contributed by atoms with Crippen molar-refractivity contribution in [3.63, 3.8) is 0 Å². The van der Waals surface area contributed by atoms with E-state index in [-0.39, 0.29) is 0 Å². The van der Waals surface area contributed by atoms with Crippen LogP contribution < -0.4 is 4.74 Å². The van der Waals surface area contributed by atoms with E-state index in [1.807, 2.05) is 48.5 Å². The Morgan fingerprint density at radius 1 is 0.913 bits per heavy atom. The highest BCUT2D eigenvalue weighted by Gasteiger charge is 2.11. The molecule has 0 fully saturated rings. The van der Waals surface area contributed by atoms with Gasteiger partial charge in [0.05, 0.1) is 19.1 Å². The number of hydrogen-bond acceptors (Lipinski definition) is 3. The van der Waals surface area contributed by atoms with Crippen LogP contribution in [0.3, 0.4) is 0 Å². The number of benzene rings is 2. The first kappa shape index (κ1) is 13.6. The van der Waals surface area contributed by atoms with E-state index in [1.54, 1.807) is 13.4 Å². The van der Waals surface area contributed by atoms with E-state index in [4.69, 9.17) is 14.1 Å². The first-order valence-electron chi connectivity index (χ1n) is 7.43. The number of ether oxygens (including phenoxy) is 1. The first-order chi connectivity index (χ1) is 11.3. The monoisotopic (exact) mass is 301 g/mol. The molecule has 2 aromatic heterocycles.